The summed E-state index contributed by atoms with van der Waals surface area (Å²) in [5.41, 5.74) is -2.29. The van der Waals surface area contributed by atoms with Gasteiger partial charge in [0.1, 0.15) is 0 Å². The van der Waals surface area contributed by atoms with E-state index >= 15 is 8.78 Å². The minimum atomic E-state index is -2.23. The first-order chi connectivity index (χ1) is 22.2. The molecule has 4 aromatic heterocycles. The third kappa shape index (κ3) is 4.39. The molecule has 46 heavy (non-hydrogen) atoms. The van der Waals surface area contributed by atoms with Gasteiger partial charge in [0.25, 0.3) is 11.8 Å². The lowest BCUT2D eigenvalue weighted by Gasteiger charge is -2.56. The monoisotopic (exact) mass is 624 g/mol. The van der Waals surface area contributed by atoms with Crippen molar-refractivity contribution in [3.63, 3.8) is 0 Å². The molecule has 4 aliphatic rings. The van der Waals surface area contributed by atoms with E-state index in [-0.39, 0.29) is 0 Å². The van der Waals surface area contributed by atoms with E-state index in [4.69, 9.17) is 0 Å². The van der Waals surface area contributed by atoms with Crippen molar-refractivity contribution in [3.8, 4) is 0 Å². The van der Waals surface area contributed by atoms with Gasteiger partial charge in [0.05, 0.1) is 23.9 Å². The molecule has 4 N–H and O–H groups in total. The Morgan fingerprint density at radius 3 is 1.13 bits per heavy atom. The molecule has 0 radical (unpaired) electrons. The van der Waals surface area contributed by atoms with E-state index in [0.29, 0.717) is 22.8 Å². The highest BCUT2D eigenvalue weighted by molar-refractivity contribution is 6.05. The average molecular weight is 625 g/mol. The van der Waals surface area contributed by atoms with Gasteiger partial charge in [-0.1, -0.05) is 24.3 Å². The largest absolute Gasteiger partial charge is 0.331 e. The van der Waals surface area contributed by atoms with Gasteiger partial charge in [-0.05, 0) is 48.5 Å². The second-order valence-electron chi connectivity index (χ2n) is 11.4. The van der Waals surface area contributed by atoms with Crippen molar-refractivity contribution < 1.29 is 28.0 Å². The summed E-state index contributed by atoms with van der Waals surface area (Å²) in [7, 11) is 0. The van der Waals surface area contributed by atoms with Crippen LogP contribution in [0.5, 0.6) is 0 Å². The molecule has 4 aromatic rings. The molecule has 14 heteroatoms. The number of halogens is 2. The van der Waals surface area contributed by atoms with Crippen molar-refractivity contribution in [3.05, 3.63) is 120 Å². The van der Waals surface area contributed by atoms with E-state index in [1.54, 1.807) is 97.6 Å². The van der Waals surface area contributed by atoms with Gasteiger partial charge in [-0.25, -0.2) is 18.4 Å². The van der Waals surface area contributed by atoms with Gasteiger partial charge in [0.15, 0.2) is 0 Å². The van der Waals surface area contributed by atoms with Crippen LogP contribution in [-0.2, 0) is 9.59 Å². The van der Waals surface area contributed by atoms with E-state index in [9.17, 15) is 19.2 Å². The number of pyridine rings is 4. The number of aromatic nitrogens is 4. The standard InChI is InChI=1S/2C16H13FN4O2/c2*17-16-12(10-6-2-4-8-19-10)11(9-5-1-3-7-18-9)13(16)20-15(23)21-14(16)22/h2*1-8,11-13H,(H2,20,21,22,23)/t2*11-,12-,13-,16-/m00/s1. The van der Waals surface area contributed by atoms with E-state index in [1.807, 2.05) is 10.6 Å². The highest BCUT2D eigenvalue weighted by Crippen LogP contribution is 2.59. The van der Waals surface area contributed by atoms with Crippen LogP contribution in [0.4, 0.5) is 18.4 Å². The molecule has 12 nitrogen and oxygen atoms in total. The number of hydrogen-bond donors (Lipinski definition) is 4. The van der Waals surface area contributed by atoms with Crippen LogP contribution in [0.1, 0.15) is 46.4 Å². The van der Waals surface area contributed by atoms with Crippen molar-refractivity contribution >= 4 is 23.9 Å². The summed E-state index contributed by atoms with van der Waals surface area (Å²) in [5, 5.41) is 9.06. The predicted octanol–water partition coefficient (Wildman–Crippen LogP) is 2.55. The van der Waals surface area contributed by atoms with E-state index in [0.717, 1.165) is 0 Å². The van der Waals surface area contributed by atoms with Gasteiger partial charge in [-0.2, -0.15) is 0 Å². The van der Waals surface area contributed by atoms with Crippen LogP contribution in [0.3, 0.4) is 0 Å². The fraction of sp³-hybridized carbons (Fsp3) is 0.250. The second kappa shape index (κ2) is 11.1. The number of imide groups is 2. The first-order valence-electron chi connectivity index (χ1n) is 14.5. The van der Waals surface area contributed by atoms with Crippen LogP contribution >= 0.6 is 0 Å². The number of amides is 6. The predicted molar refractivity (Wildman–Crippen MR) is 157 cm³/mol. The Hall–Kier alpha value is -5.66. The molecule has 2 aliphatic heterocycles. The zero-order chi connectivity index (χ0) is 32.1. The summed E-state index contributed by atoms with van der Waals surface area (Å²) in [6.45, 7) is 0. The van der Waals surface area contributed by atoms with Gasteiger partial charge in [0, 0.05) is 59.4 Å². The summed E-state index contributed by atoms with van der Waals surface area (Å²) >= 11 is 0. The first kappa shape index (κ1) is 29.1. The summed E-state index contributed by atoms with van der Waals surface area (Å²) < 4.78 is 31.0. The third-order valence-electron chi connectivity index (χ3n) is 9.04. The molecule has 8 rings (SSSR count). The van der Waals surface area contributed by atoms with E-state index < -0.39 is 71.0 Å². The second-order valence-corrected chi connectivity index (χ2v) is 11.4. The lowest BCUT2D eigenvalue weighted by molar-refractivity contribution is -0.149. The van der Waals surface area contributed by atoms with Crippen molar-refractivity contribution in [2.24, 2.45) is 0 Å². The van der Waals surface area contributed by atoms with E-state index in [2.05, 4.69) is 30.6 Å². The molecule has 8 atom stereocenters. The van der Waals surface area contributed by atoms with Gasteiger partial charge in [-0.15, -0.1) is 0 Å². The number of carbonyl (C=O) groups is 4. The van der Waals surface area contributed by atoms with Crippen molar-refractivity contribution in [2.75, 3.05) is 0 Å². The fourth-order valence-corrected chi connectivity index (χ4v) is 7.03. The number of urea groups is 2. The molecule has 6 amide bonds. The maximum atomic E-state index is 15.5. The molecule has 0 spiro atoms. The zero-order valence-electron chi connectivity index (χ0n) is 23.9. The summed E-state index contributed by atoms with van der Waals surface area (Å²) in [4.78, 5) is 64.4. The Morgan fingerprint density at radius 1 is 0.500 bits per heavy atom. The van der Waals surface area contributed by atoms with Crippen LogP contribution < -0.4 is 21.3 Å². The highest BCUT2D eigenvalue weighted by Gasteiger charge is 2.73. The van der Waals surface area contributed by atoms with Gasteiger partial charge >= 0.3 is 12.1 Å². The third-order valence-corrected chi connectivity index (χ3v) is 9.04. The minimum Gasteiger partial charge on any atom is -0.331 e. The number of fused-ring (bicyclic) bond motifs is 2. The molecular weight excluding hydrogens is 598 g/mol. The minimum absolute atomic E-state index is 0.453. The fourth-order valence-electron chi connectivity index (χ4n) is 7.03. The molecule has 0 unspecified atom stereocenters. The average Bonchev–Trinajstić information content (AvgIpc) is 3.07. The number of rotatable bonds is 4. The molecule has 4 fully saturated rings. The number of alkyl halides is 2. The Kier molecular flexibility index (Phi) is 6.98. The zero-order valence-corrected chi connectivity index (χ0v) is 23.9. The molecule has 2 saturated heterocycles. The maximum Gasteiger partial charge on any atom is 0.321 e. The van der Waals surface area contributed by atoms with E-state index in [1.165, 1.54) is 0 Å². The quantitative estimate of drug-likeness (QED) is 0.269. The Balaban J connectivity index is 0.000000147. The smallest absolute Gasteiger partial charge is 0.321 e. The maximum absolute atomic E-state index is 15.5. The normalized spacial score (nSPS) is 32.3. The van der Waals surface area contributed by atoms with Crippen LogP contribution in [0.25, 0.3) is 0 Å². The molecule has 2 aliphatic carbocycles. The molecular formula is C32H26F2N8O4. The van der Waals surface area contributed by atoms with Crippen LogP contribution in [-0.4, -0.2) is 67.2 Å². The number of nitrogens with one attached hydrogen (secondary N) is 4. The van der Waals surface area contributed by atoms with Crippen LogP contribution in [0.2, 0.25) is 0 Å². The molecule has 232 valence electrons. The Bertz CT molecular complexity index is 1670. The van der Waals surface area contributed by atoms with Gasteiger partial charge in [0.2, 0.25) is 11.3 Å². The van der Waals surface area contributed by atoms with Gasteiger partial charge < -0.3 is 10.6 Å². The van der Waals surface area contributed by atoms with Crippen molar-refractivity contribution in [2.45, 2.75) is 47.1 Å². The SMILES string of the molecule is O=C1NC(=O)[C@@]2(F)[C@@H](N1)[C@@H](c1ccccn1)[C@@H]2c1ccccn1.O=C1NC(=O)[C@@]2(F)[C@@H](N1)[C@@H](c1ccccn1)[C@@H]2c1ccccn1. The van der Waals surface area contributed by atoms with Crippen LogP contribution in [0.15, 0.2) is 97.6 Å². The summed E-state index contributed by atoms with van der Waals surface area (Å²) in [6.07, 6.45) is 6.32. The summed E-state index contributed by atoms with van der Waals surface area (Å²) in [6, 6.07) is 17.6. The lowest BCUT2D eigenvalue weighted by Crippen LogP contribution is -2.78. The summed E-state index contributed by atoms with van der Waals surface area (Å²) in [5.74, 6) is -4.35. The Morgan fingerprint density at radius 2 is 0.826 bits per heavy atom. The lowest BCUT2D eigenvalue weighted by atomic mass is 9.54. The number of nitrogens with zero attached hydrogens (tertiary/aromatic N) is 4. The number of carbonyl (C=O) groups excluding carboxylic acids is 4. The highest BCUT2D eigenvalue weighted by atomic mass is 19.1. The molecule has 0 bridgehead atoms. The van der Waals surface area contributed by atoms with Crippen molar-refractivity contribution in [1.82, 2.24) is 41.2 Å². The van der Waals surface area contributed by atoms with Gasteiger partial charge in [-0.3, -0.25) is 40.2 Å². The van der Waals surface area contributed by atoms with Crippen LogP contribution in [0, 0.1) is 0 Å². The topological polar surface area (TPSA) is 168 Å². The molecule has 0 aromatic carbocycles. The molecule has 6 heterocycles. The molecule has 2 saturated carbocycles. The van der Waals surface area contributed by atoms with Crippen molar-refractivity contribution in [1.29, 1.82) is 0 Å². The first-order valence-corrected chi connectivity index (χ1v) is 14.5. The number of hydrogen-bond acceptors (Lipinski definition) is 8. The Labute approximate surface area is 260 Å².